The van der Waals surface area contributed by atoms with E-state index in [1.54, 1.807) is 25.3 Å². The number of benzene rings is 1. The van der Waals surface area contributed by atoms with Gasteiger partial charge >= 0.3 is 13.5 Å². The van der Waals surface area contributed by atoms with E-state index in [4.69, 9.17) is 14.5 Å². The van der Waals surface area contributed by atoms with Gasteiger partial charge in [-0.15, -0.1) is 0 Å². The molecule has 9 nitrogen and oxygen atoms in total. The summed E-state index contributed by atoms with van der Waals surface area (Å²) < 4.78 is 10.2. The molecule has 11 heteroatoms. The van der Waals surface area contributed by atoms with Crippen molar-refractivity contribution in [3.63, 3.8) is 0 Å². The average Bonchev–Trinajstić information content (AvgIpc) is 3.09. The number of hydrogen-bond acceptors (Lipinski definition) is 8. The molecule has 1 saturated heterocycles. The molecule has 3 rings (SSSR count). The lowest BCUT2D eigenvalue weighted by Crippen LogP contribution is -2.35. The molecule has 1 aromatic carbocycles. The second kappa shape index (κ2) is 11.9. The van der Waals surface area contributed by atoms with Crippen LogP contribution in [-0.4, -0.2) is 52.0 Å². The number of hydrogen-bond donors (Lipinski definition) is 2. The number of nitrogens with one attached hydrogen (secondary N) is 1. The lowest BCUT2D eigenvalue weighted by molar-refractivity contribution is -0.142. The van der Waals surface area contributed by atoms with Gasteiger partial charge in [-0.2, -0.15) is 0 Å². The van der Waals surface area contributed by atoms with Gasteiger partial charge in [0.15, 0.2) is 0 Å². The number of carbonyl (C=O) groups is 4. The first-order valence-corrected chi connectivity index (χ1v) is 12.0. The fraction of sp³-hybridized carbons (Fsp3) is 0.375. The van der Waals surface area contributed by atoms with Crippen LogP contribution in [0.25, 0.3) is 0 Å². The molecule has 1 fully saturated rings. The van der Waals surface area contributed by atoms with Gasteiger partial charge in [0.05, 0.1) is 25.3 Å². The van der Waals surface area contributed by atoms with Gasteiger partial charge in [-0.25, -0.2) is 0 Å². The summed E-state index contributed by atoms with van der Waals surface area (Å²) >= 11 is 0.986. The first-order chi connectivity index (χ1) is 16.7. The van der Waals surface area contributed by atoms with Gasteiger partial charge in [0.2, 0.25) is 5.91 Å². The Morgan fingerprint density at radius 1 is 1.14 bits per heavy atom. The van der Waals surface area contributed by atoms with E-state index in [0.717, 1.165) is 29.3 Å². The van der Waals surface area contributed by atoms with E-state index < -0.39 is 22.5 Å². The molecule has 183 valence electrons. The topological polar surface area (TPSA) is 132 Å². The molecule has 2 atom stereocenters. The zero-order valence-electron chi connectivity index (χ0n) is 19.5. The Labute approximate surface area is 208 Å². The van der Waals surface area contributed by atoms with E-state index in [9.17, 15) is 19.2 Å². The van der Waals surface area contributed by atoms with Crippen LogP contribution >= 0.6 is 11.8 Å². The van der Waals surface area contributed by atoms with Crippen molar-refractivity contribution >= 4 is 42.3 Å². The number of aromatic nitrogens is 1. The number of ether oxygens (including phenoxy) is 1. The Kier molecular flexibility index (Phi) is 8.92. The Morgan fingerprint density at radius 3 is 2.43 bits per heavy atom. The number of carbonyl (C=O) groups excluding carboxylic acids is 3. The number of thioether (sulfide) groups is 1. The van der Waals surface area contributed by atoms with Gasteiger partial charge in [0.1, 0.15) is 10.5 Å². The van der Waals surface area contributed by atoms with Gasteiger partial charge in [-0.05, 0) is 60.9 Å². The maximum absolute atomic E-state index is 12.1. The first kappa shape index (κ1) is 26.3. The zero-order valence-corrected chi connectivity index (χ0v) is 20.3. The van der Waals surface area contributed by atoms with Crippen LogP contribution in [0, 0.1) is 0 Å². The van der Waals surface area contributed by atoms with E-state index in [1.165, 1.54) is 7.48 Å². The SMILES string of the molecule is CCc1ccc(C([B]OC(=O)CCC(=O)O)COc2ccc(CC3(C)SC(=O)NC3=O)cc2)nc1. The summed E-state index contributed by atoms with van der Waals surface area (Å²) in [6.07, 6.45) is 2.44. The van der Waals surface area contributed by atoms with Crippen molar-refractivity contribution < 1.29 is 33.7 Å². The average molecular weight is 497 g/mol. The number of pyridine rings is 1. The fourth-order valence-electron chi connectivity index (χ4n) is 3.38. The number of aliphatic carboxylic acids is 1. The highest BCUT2D eigenvalue weighted by atomic mass is 32.2. The Bertz CT molecular complexity index is 1080. The number of nitrogens with zero attached hydrogens (tertiary/aromatic N) is 1. The number of carboxylic acid groups (broad SMARTS) is 1. The quantitative estimate of drug-likeness (QED) is 0.425. The molecule has 0 bridgehead atoms. The monoisotopic (exact) mass is 497 g/mol. The second-order valence-electron chi connectivity index (χ2n) is 8.28. The third-order valence-electron chi connectivity index (χ3n) is 5.45. The van der Waals surface area contributed by atoms with Gasteiger partial charge in [-0.1, -0.05) is 25.1 Å². The molecule has 2 aromatic rings. The molecular formula is C24H26BN2O7S. The Balaban J connectivity index is 1.62. The lowest BCUT2D eigenvalue weighted by atomic mass is 9.77. The number of amides is 2. The predicted octanol–water partition coefficient (Wildman–Crippen LogP) is 3.08. The van der Waals surface area contributed by atoms with Crippen molar-refractivity contribution in [2.75, 3.05) is 6.61 Å². The molecule has 2 amide bonds. The minimum absolute atomic E-state index is 0.133. The van der Waals surface area contributed by atoms with E-state index in [2.05, 4.69) is 10.3 Å². The number of imide groups is 1. The van der Waals surface area contributed by atoms with Crippen molar-refractivity contribution in [2.45, 2.75) is 50.1 Å². The van der Waals surface area contributed by atoms with Crippen LogP contribution in [0.5, 0.6) is 5.75 Å². The minimum Gasteiger partial charge on any atom is -0.538 e. The second-order valence-corrected chi connectivity index (χ2v) is 9.75. The smallest absolute Gasteiger partial charge is 0.387 e. The van der Waals surface area contributed by atoms with E-state index >= 15 is 0 Å². The van der Waals surface area contributed by atoms with Gasteiger partial charge in [0.25, 0.3) is 11.2 Å². The molecule has 0 aliphatic carbocycles. The van der Waals surface area contributed by atoms with Crippen LogP contribution in [0.15, 0.2) is 42.6 Å². The highest BCUT2D eigenvalue weighted by Gasteiger charge is 2.43. The fourth-order valence-corrected chi connectivity index (χ4v) is 4.32. The molecule has 35 heavy (non-hydrogen) atoms. The van der Waals surface area contributed by atoms with Crippen molar-refractivity contribution in [2.24, 2.45) is 0 Å². The molecule has 2 N–H and O–H groups in total. The molecule has 0 saturated carbocycles. The zero-order chi connectivity index (χ0) is 25.4. The Hall–Kier alpha value is -3.34. The summed E-state index contributed by atoms with van der Waals surface area (Å²) in [7, 11) is 1.32. The summed E-state index contributed by atoms with van der Waals surface area (Å²) in [5.74, 6) is -1.93. The molecule has 1 aliphatic heterocycles. The third-order valence-corrected chi connectivity index (χ3v) is 6.52. The molecule has 0 spiro atoms. The molecule has 2 unspecified atom stereocenters. The van der Waals surface area contributed by atoms with Crippen LogP contribution < -0.4 is 10.1 Å². The van der Waals surface area contributed by atoms with Crippen molar-refractivity contribution in [3.05, 3.63) is 59.4 Å². The summed E-state index contributed by atoms with van der Waals surface area (Å²) in [6.45, 7) is 3.89. The molecule has 1 aromatic heterocycles. The van der Waals surface area contributed by atoms with Crippen LogP contribution in [0.4, 0.5) is 4.79 Å². The summed E-state index contributed by atoms with van der Waals surface area (Å²) in [4.78, 5) is 50.6. The van der Waals surface area contributed by atoms with Gasteiger partial charge < -0.3 is 14.5 Å². The maximum atomic E-state index is 12.1. The van der Waals surface area contributed by atoms with Gasteiger partial charge in [-0.3, -0.25) is 29.5 Å². The van der Waals surface area contributed by atoms with Crippen molar-refractivity contribution in [1.29, 1.82) is 0 Å². The highest BCUT2D eigenvalue weighted by molar-refractivity contribution is 8.16. The van der Waals surface area contributed by atoms with Crippen molar-refractivity contribution in [3.8, 4) is 5.75 Å². The number of rotatable bonds is 12. The van der Waals surface area contributed by atoms with Crippen LogP contribution in [-0.2, 0) is 31.9 Å². The predicted molar refractivity (Wildman–Crippen MR) is 130 cm³/mol. The standard InChI is InChI=1S/C24H26BN2O7S/c1-3-15-6-9-19(26-13-15)18(25-34-21(30)11-10-20(28)29)14-33-17-7-4-16(5-8-17)12-24(2)22(31)27-23(32)35-24/h4-9,13,18H,3,10-12,14H2,1-2H3,(H,28,29)(H,27,31,32). The minimum atomic E-state index is -1.07. The lowest BCUT2D eigenvalue weighted by Gasteiger charge is -2.19. The third kappa shape index (κ3) is 7.58. The van der Waals surface area contributed by atoms with E-state index in [-0.39, 0.29) is 30.6 Å². The Morgan fingerprint density at radius 2 is 1.86 bits per heavy atom. The van der Waals surface area contributed by atoms with Gasteiger partial charge in [0, 0.05) is 11.9 Å². The summed E-state index contributed by atoms with van der Waals surface area (Å²) in [5.41, 5.74) is 2.59. The molecule has 1 radical (unpaired) electrons. The van der Waals surface area contributed by atoms with Crippen LogP contribution in [0.2, 0.25) is 0 Å². The molecule has 2 heterocycles. The number of carboxylic acids is 1. The highest BCUT2D eigenvalue weighted by Crippen LogP contribution is 2.35. The van der Waals surface area contributed by atoms with Crippen molar-refractivity contribution in [1.82, 2.24) is 10.3 Å². The van der Waals surface area contributed by atoms with E-state index in [1.807, 2.05) is 31.2 Å². The molecular weight excluding hydrogens is 471 g/mol. The largest absolute Gasteiger partial charge is 0.538 e. The van der Waals surface area contributed by atoms with E-state index in [0.29, 0.717) is 17.9 Å². The molecule has 1 aliphatic rings. The summed E-state index contributed by atoms with van der Waals surface area (Å²) in [6, 6.07) is 11.0. The normalized spacial score (nSPS) is 18.0. The maximum Gasteiger partial charge on any atom is 0.387 e. The number of aryl methyl sites for hydroxylation is 1. The van der Waals surface area contributed by atoms with Crippen LogP contribution in [0.1, 0.15) is 49.3 Å². The van der Waals surface area contributed by atoms with Crippen LogP contribution in [0.3, 0.4) is 0 Å². The summed E-state index contributed by atoms with van der Waals surface area (Å²) in [5, 5.41) is 10.7. The first-order valence-electron chi connectivity index (χ1n) is 11.1.